The molecular formula is C13H20N4S. The van der Waals surface area contributed by atoms with E-state index in [1.54, 1.807) is 0 Å². The summed E-state index contributed by atoms with van der Waals surface area (Å²) in [6.45, 7) is 1.68. The van der Waals surface area contributed by atoms with Crippen LogP contribution in [0.4, 0.5) is 0 Å². The molecule has 1 saturated heterocycles. The summed E-state index contributed by atoms with van der Waals surface area (Å²) in [7, 11) is 2.17. The first-order valence-corrected chi connectivity index (χ1v) is 7.79. The van der Waals surface area contributed by atoms with Crippen LogP contribution in [0.5, 0.6) is 0 Å². The van der Waals surface area contributed by atoms with Gasteiger partial charge in [-0.15, -0.1) is 0 Å². The number of nitrogens with zero attached hydrogens (tertiary/aromatic N) is 3. The van der Waals surface area contributed by atoms with Crippen molar-refractivity contribution in [2.75, 3.05) is 25.1 Å². The van der Waals surface area contributed by atoms with Gasteiger partial charge in [0.05, 0.1) is 11.7 Å². The van der Waals surface area contributed by atoms with Gasteiger partial charge >= 0.3 is 0 Å². The van der Waals surface area contributed by atoms with Gasteiger partial charge in [-0.3, -0.25) is 4.90 Å². The van der Waals surface area contributed by atoms with E-state index in [9.17, 15) is 0 Å². The first-order valence-electron chi connectivity index (χ1n) is 6.63. The number of thioether (sulfide) groups is 1. The lowest BCUT2D eigenvalue weighted by atomic mass is 10.1. The number of rotatable bonds is 3. The maximum atomic E-state index is 5.78. The van der Waals surface area contributed by atoms with E-state index in [-0.39, 0.29) is 0 Å². The normalized spacial score (nSPS) is 25.3. The predicted molar refractivity (Wildman–Crippen MR) is 74.6 cm³/mol. The van der Waals surface area contributed by atoms with Gasteiger partial charge in [-0.2, -0.15) is 11.8 Å². The second-order valence-electron chi connectivity index (χ2n) is 5.19. The van der Waals surface area contributed by atoms with Crippen LogP contribution in [0.3, 0.4) is 0 Å². The zero-order valence-electron chi connectivity index (χ0n) is 10.8. The molecule has 2 heterocycles. The van der Waals surface area contributed by atoms with Crippen molar-refractivity contribution >= 4 is 11.8 Å². The van der Waals surface area contributed by atoms with E-state index in [2.05, 4.69) is 16.9 Å². The monoisotopic (exact) mass is 264 g/mol. The standard InChI is InChI=1S/C13H20N4S/c1-17-4-5-18-8-11(17)13-15-7-10(6-14)12(16-13)9-2-3-9/h7,9,11H,2-6,8,14H2,1H3. The highest BCUT2D eigenvalue weighted by molar-refractivity contribution is 7.99. The molecule has 1 saturated carbocycles. The Hall–Kier alpha value is -0.650. The third kappa shape index (κ3) is 2.39. The molecule has 1 aliphatic heterocycles. The molecule has 2 fully saturated rings. The lowest BCUT2D eigenvalue weighted by Crippen LogP contribution is -2.34. The summed E-state index contributed by atoms with van der Waals surface area (Å²) in [5.41, 5.74) is 8.12. The molecule has 1 aromatic rings. The highest BCUT2D eigenvalue weighted by Gasteiger charge is 2.30. The Morgan fingerprint density at radius 1 is 1.50 bits per heavy atom. The number of aromatic nitrogens is 2. The Labute approximate surface area is 112 Å². The second-order valence-corrected chi connectivity index (χ2v) is 6.34. The minimum absolute atomic E-state index is 0.369. The molecule has 0 amide bonds. The molecule has 98 valence electrons. The highest BCUT2D eigenvalue weighted by atomic mass is 32.2. The zero-order valence-corrected chi connectivity index (χ0v) is 11.6. The van der Waals surface area contributed by atoms with E-state index in [0.717, 1.165) is 23.7 Å². The van der Waals surface area contributed by atoms with Crippen LogP contribution in [0.25, 0.3) is 0 Å². The Morgan fingerprint density at radius 2 is 2.33 bits per heavy atom. The summed E-state index contributed by atoms with van der Waals surface area (Å²) in [4.78, 5) is 11.7. The van der Waals surface area contributed by atoms with Crippen LogP contribution >= 0.6 is 11.8 Å². The predicted octanol–water partition coefficient (Wildman–Crippen LogP) is 1.53. The average molecular weight is 264 g/mol. The van der Waals surface area contributed by atoms with Gasteiger partial charge in [0.1, 0.15) is 5.82 Å². The largest absolute Gasteiger partial charge is 0.326 e. The molecule has 5 heteroatoms. The molecule has 1 aliphatic carbocycles. The summed E-state index contributed by atoms with van der Waals surface area (Å²) in [5.74, 6) is 3.95. The molecule has 0 spiro atoms. The molecule has 4 nitrogen and oxygen atoms in total. The number of hydrogen-bond acceptors (Lipinski definition) is 5. The fraction of sp³-hybridized carbons (Fsp3) is 0.692. The third-order valence-corrected chi connectivity index (χ3v) is 4.82. The molecule has 2 aliphatic rings. The van der Waals surface area contributed by atoms with Crippen LogP contribution < -0.4 is 5.73 Å². The average Bonchev–Trinajstić information content (AvgIpc) is 3.23. The minimum atomic E-state index is 0.369. The van der Waals surface area contributed by atoms with Gasteiger partial charge in [-0.05, 0) is 19.9 Å². The first kappa shape index (κ1) is 12.4. The van der Waals surface area contributed by atoms with Gasteiger partial charge in [0.25, 0.3) is 0 Å². The van der Waals surface area contributed by atoms with Crippen LogP contribution in [-0.2, 0) is 6.54 Å². The van der Waals surface area contributed by atoms with Crippen molar-refractivity contribution in [1.29, 1.82) is 0 Å². The van der Waals surface area contributed by atoms with Crippen molar-refractivity contribution in [2.45, 2.75) is 31.3 Å². The summed E-state index contributed by atoms with van der Waals surface area (Å²) in [5, 5.41) is 0. The molecule has 0 bridgehead atoms. The molecule has 2 N–H and O–H groups in total. The van der Waals surface area contributed by atoms with E-state index in [1.165, 1.54) is 24.3 Å². The summed E-state index contributed by atoms with van der Waals surface area (Å²) >= 11 is 2.00. The molecular weight excluding hydrogens is 244 g/mol. The van der Waals surface area contributed by atoms with Gasteiger partial charge in [-0.25, -0.2) is 9.97 Å². The van der Waals surface area contributed by atoms with Crippen molar-refractivity contribution < 1.29 is 0 Å². The number of nitrogens with two attached hydrogens (primary N) is 1. The minimum Gasteiger partial charge on any atom is -0.326 e. The van der Waals surface area contributed by atoms with Gasteiger partial charge in [-0.1, -0.05) is 0 Å². The molecule has 1 atom stereocenters. The lowest BCUT2D eigenvalue weighted by molar-refractivity contribution is 0.264. The van der Waals surface area contributed by atoms with Crippen molar-refractivity contribution in [1.82, 2.24) is 14.9 Å². The van der Waals surface area contributed by atoms with E-state index >= 15 is 0 Å². The summed E-state index contributed by atoms with van der Waals surface area (Å²) in [6.07, 6.45) is 4.47. The quantitative estimate of drug-likeness (QED) is 0.897. The maximum absolute atomic E-state index is 5.78. The van der Waals surface area contributed by atoms with E-state index in [1.807, 2.05) is 18.0 Å². The lowest BCUT2D eigenvalue weighted by Gasteiger charge is -2.31. The number of hydrogen-bond donors (Lipinski definition) is 1. The molecule has 18 heavy (non-hydrogen) atoms. The summed E-state index contributed by atoms with van der Waals surface area (Å²) < 4.78 is 0. The van der Waals surface area contributed by atoms with E-state index < -0.39 is 0 Å². The molecule has 3 rings (SSSR count). The van der Waals surface area contributed by atoms with E-state index in [4.69, 9.17) is 10.7 Å². The topological polar surface area (TPSA) is 55.0 Å². The Balaban J connectivity index is 1.89. The van der Waals surface area contributed by atoms with E-state index in [0.29, 0.717) is 18.5 Å². The highest BCUT2D eigenvalue weighted by Crippen LogP contribution is 2.41. The van der Waals surface area contributed by atoms with Crippen molar-refractivity contribution in [3.05, 3.63) is 23.3 Å². The Kier molecular flexibility index (Phi) is 3.54. The van der Waals surface area contributed by atoms with Crippen molar-refractivity contribution in [2.24, 2.45) is 5.73 Å². The fourth-order valence-electron chi connectivity index (χ4n) is 2.42. The summed E-state index contributed by atoms with van der Waals surface area (Å²) in [6, 6.07) is 0.369. The van der Waals surface area contributed by atoms with Crippen molar-refractivity contribution in [3.63, 3.8) is 0 Å². The SMILES string of the molecule is CN1CCSCC1c1ncc(CN)c(C2CC2)n1. The Morgan fingerprint density at radius 3 is 3.00 bits per heavy atom. The molecule has 0 radical (unpaired) electrons. The zero-order chi connectivity index (χ0) is 12.5. The molecule has 1 unspecified atom stereocenters. The smallest absolute Gasteiger partial charge is 0.146 e. The van der Waals surface area contributed by atoms with Crippen LogP contribution in [0.15, 0.2) is 6.20 Å². The molecule has 1 aromatic heterocycles. The van der Waals surface area contributed by atoms with Gasteiger partial charge in [0, 0.05) is 42.3 Å². The maximum Gasteiger partial charge on any atom is 0.146 e. The second kappa shape index (κ2) is 5.15. The van der Waals surface area contributed by atoms with Gasteiger partial charge < -0.3 is 5.73 Å². The fourth-order valence-corrected chi connectivity index (χ4v) is 3.63. The van der Waals surface area contributed by atoms with Crippen LogP contribution in [0.2, 0.25) is 0 Å². The van der Waals surface area contributed by atoms with Crippen LogP contribution in [-0.4, -0.2) is 40.0 Å². The van der Waals surface area contributed by atoms with Crippen molar-refractivity contribution in [3.8, 4) is 0 Å². The molecule has 0 aromatic carbocycles. The first-order chi connectivity index (χ1) is 8.79. The van der Waals surface area contributed by atoms with Crippen LogP contribution in [0.1, 0.15) is 41.9 Å². The Bertz CT molecular complexity index is 433. The van der Waals surface area contributed by atoms with Crippen LogP contribution in [0, 0.1) is 0 Å². The third-order valence-electron chi connectivity index (χ3n) is 3.79. The van der Waals surface area contributed by atoms with Gasteiger partial charge in [0.2, 0.25) is 0 Å². The van der Waals surface area contributed by atoms with Gasteiger partial charge in [0.15, 0.2) is 0 Å².